The second-order valence-corrected chi connectivity index (χ2v) is 9.87. The van der Waals surface area contributed by atoms with Gasteiger partial charge in [-0.05, 0) is 51.8 Å². The van der Waals surface area contributed by atoms with Crippen LogP contribution in [-0.4, -0.2) is 104 Å². The first-order valence-corrected chi connectivity index (χ1v) is 12.0. The number of hydrogen-bond acceptors (Lipinski definition) is 5. The van der Waals surface area contributed by atoms with Crippen molar-refractivity contribution >= 4 is 17.8 Å². The summed E-state index contributed by atoms with van der Waals surface area (Å²) in [6.07, 6.45) is 4.27. The Labute approximate surface area is 202 Å². The van der Waals surface area contributed by atoms with E-state index < -0.39 is 5.91 Å². The Kier molecular flexibility index (Phi) is 8.20. The first-order valence-electron chi connectivity index (χ1n) is 12.0. The topological polar surface area (TPSA) is 99.4 Å². The Morgan fingerprint density at radius 1 is 1.09 bits per heavy atom. The van der Waals surface area contributed by atoms with E-state index in [1.165, 1.54) is 17.5 Å². The quantitative estimate of drug-likeness (QED) is 0.519. The Hall–Kier alpha value is -2.65. The number of nitrogens with zero attached hydrogens (tertiary/aromatic N) is 4. The van der Waals surface area contributed by atoms with Crippen molar-refractivity contribution in [1.29, 1.82) is 0 Å². The van der Waals surface area contributed by atoms with Crippen LogP contribution in [0.25, 0.3) is 0 Å². The van der Waals surface area contributed by atoms with Gasteiger partial charge in [-0.25, -0.2) is 4.79 Å². The Morgan fingerprint density at radius 2 is 1.74 bits per heavy atom. The van der Waals surface area contributed by atoms with Gasteiger partial charge in [0.15, 0.2) is 0 Å². The van der Waals surface area contributed by atoms with Gasteiger partial charge in [-0.1, -0.05) is 30.3 Å². The number of hydrogen-bond donors (Lipinski definition) is 1. The molecule has 2 fully saturated rings. The fourth-order valence-corrected chi connectivity index (χ4v) is 5.61. The lowest BCUT2D eigenvalue weighted by atomic mass is 9.68. The lowest BCUT2D eigenvalue weighted by Crippen LogP contribution is -2.55. The fraction of sp³-hybridized carbons (Fsp3) is 0.640. The number of nitrogens with two attached hydrogens (primary N) is 1. The maximum absolute atomic E-state index is 13.5. The molecule has 1 saturated carbocycles. The van der Waals surface area contributed by atoms with Crippen LogP contribution in [-0.2, 0) is 19.9 Å². The van der Waals surface area contributed by atoms with E-state index in [-0.39, 0.29) is 36.1 Å². The molecule has 188 valence electrons. The summed E-state index contributed by atoms with van der Waals surface area (Å²) in [4.78, 5) is 44.5. The summed E-state index contributed by atoms with van der Waals surface area (Å²) in [6, 6.07) is 10.5. The Balaban J connectivity index is 1.81. The highest BCUT2D eigenvalue weighted by Crippen LogP contribution is 2.48. The highest BCUT2D eigenvalue weighted by atomic mass is 16.5. The molecule has 0 atom stereocenters. The summed E-state index contributed by atoms with van der Waals surface area (Å²) in [5.74, 6) is -0.863. The number of likely N-dealkylation sites (N-methyl/N-ethyl adjacent to an activating group) is 1. The molecule has 3 rings (SSSR count). The van der Waals surface area contributed by atoms with Crippen molar-refractivity contribution in [2.45, 2.75) is 43.2 Å². The van der Waals surface area contributed by atoms with Crippen LogP contribution in [0.4, 0.5) is 4.79 Å². The minimum absolute atomic E-state index is 0.0529. The van der Waals surface area contributed by atoms with E-state index >= 15 is 0 Å². The molecule has 1 heterocycles. The average molecular weight is 474 g/mol. The van der Waals surface area contributed by atoms with Crippen molar-refractivity contribution in [3.05, 3.63) is 35.9 Å². The minimum atomic E-state index is -0.575. The van der Waals surface area contributed by atoms with Crippen molar-refractivity contribution in [2.75, 3.05) is 61.0 Å². The second kappa shape index (κ2) is 10.7. The van der Waals surface area contributed by atoms with Crippen LogP contribution in [0.5, 0.6) is 0 Å². The molecule has 0 aromatic heterocycles. The highest BCUT2D eigenvalue weighted by molar-refractivity contribution is 5.88. The van der Waals surface area contributed by atoms with Gasteiger partial charge in [-0.3, -0.25) is 14.5 Å². The first-order chi connectivity index (χ1) is 16.1. The second-order valence-electron chi connectivity index (χ2n) is 9.87. The van der Waals surface area contributed by atoms with Gasteiger partial charge in [-0.2, -0.15) is 0 Å². The van der Waals surface area contributed by atoms with E-state index in [9.17, 15) is 14.4 Å². The summed E-state index contributed by atoms with van der Waals surface area (Å²) in [5, 5.41) is 0. The molecule has 1 spiro atoms. The molecule has 2 N–H and O–H groups in total. The number of ether oxygens (including phenoxy) is 1. The molecular formula is C25H39N5O4. The van der Waals surface area contributed by atoms with Crippen molar-refractivity contribution in [3.63, 3.8) is 0 Å². The summed E-state index contributed by atoms with van der Waals surface area (Å²) in [6.45, 7) is 1.46. The number of primary amides is 1. The third-order valence-electron chi connectivity index (χ3n) is 7.61. The van der Waals surface area contributed by atoms with Crippen LogP contribution in [0.3, 0.4) is 0 Å². The molecule has 34 heavy (non-hydrogen) atoms. The molecule has 1 aromatic carbocycles. The van der Waals surface area contributed by atoms with Crippen LogP contribution in [0.15, 0.2) is 30.3 Å². The fourth-order valence-electron chi connectivity index (χ4n) is 5.61. The summed E-state index contributed by atoms with van der Waals surface area (Å²) in [5.41, 5.74) is 6.12. The van der Waals surface area contributed by atoms with Crippen LogP contribution in [0.1, 0.15) is 37.7 Å². The monoisotopic (exact) mass is 473 g/mol. The highest BCUT2D eigenvalue weighted by Gasteiger charge is 2.54. The molecule has 0 unspecified atom stereocenters. The van der Waals surface area contributed by atoms with Gasteiger partial charge in [0.25, 0.3) is 0 Å². The molecule has 1 saturated heterocycles. The van der Waals surface area contributed by atoms with E-state index in [0.29, 0.717) is 19.7 Å². The molecule has 0 bridgehead atoms. The van der Waals surface area contributed by atoms with Crippen LogP contribution < -0.4 is 5.73 Å². The maximum atomic E-state index is 13.5. The van der Waals surface area contributed by atoms with Crippen LogP contribution >= 0.6 is 0 Å². The zero-order valence-electron chi connectivity index (χ0n) is 21.0. The molecule has 2 aliphatic rings. The predicted octanol–water partition coefficient (Wildman–Crippen LogP) is 1.47. The van der Waals surface area contributed by atoms with Crippen molar-refractivity contribution in [1.82, 2.24) is 19.6 Å². The van der Waals surface area contributed by atoms with Gasteiger partial charge in [0.1, 0.15) is 6.54 Å². The zero-order chi connectivity index (χ0) is 24.9. The smallest absolute Gasteiger partial charge is 0.321 e. The van der Waals surface area contributed by atoms with Gasteiger partial charge < -0.3 is 25.2 Å². The standard InChI is InChI=1S/C25H39N5O4/c1-27(2)25(20-9-6-5-7-10-20)13-11-24(12-14-25)19-29(18-22(32)28(3)17-21(26)31)23(33)30(24)15-8-16-34-4/h5-7,9-10H,8,11-19H2,1-4H3,(H2,26,31)/t24-,25-. The number of amides is 4. The van der Waals surface area contributed by atoms with E-state index in [1.807, 2.05) is 11.0 Å². The van der Waals surface area contributed by atoms with Gasteiger partial charge in [0, 0.05) is 39.4 Å². The number of carbonyl (C=O) groups is 3. The molecule has 9 nitrogen and oxygen atoms in total. The number of carbonyl (C=O) groups excluding carboxylic acids is 3. The third kappa shape index (κ3) is 5.20. The SMILES string of the molecule is COCCCN1C(=O)N(CC(=O)N(C)CC(N)=O)C[C@]12CC[C@@](c1ccccc1)(N(C)C)CC2. The Bertz CT molecular complexity index is 867. The summed E-state index contributed by atoms with van der Waals surface area (Å²) in [7, 11) is 7.44. The van der Waals surface area contributed by atoms with Crippen LogP contribution in [0.2, 0.25) is 0 Å². The maximum Gasteiger partial charge on any atom is 0.321 e. The number of methoxy groups -OCH3 is 1. The predicted molar refractivity (Wildman–Crippen MR) is 130 cm³/mol. The van der Waals surface area contributed by atoms with E-state index in [2.05, 4.69) is 43.3 Å². The number of benzene rings is 1. The molecule has 4 amide bonds. The normalized spacial score (nSPS) is 24.8. The lowest BCUT2D eigenvalue weighted by molar-refractivity contribution is -0.134. The molecule has 0 radical (unpaired) electrons. The van der Waals surface area contributed by atoms with Gasteiger partial charge >= 0.3 is 6.03 Å². The van der Waals surface area contributed by atoms with Gasteiger partial charge in [0.2, 0.25) is 11.8 Å². The van der Waals surface area contributed by atoms with Gasteiger partial charge in [-0.15, -0.1) is 0 Å². The minimum Gasteiger partial charge on any atom is -0.385 e. The summed E-state index contributed by atoms with van der Waals surface area (Å²) >= 11 is 0. The lowest BCUT2D eigenvalue weighted by Gasteiger charge is -2.51. The first kappa shape index (κ1) is 26.0. The van der Waals surface area contributed by atoms with E-state index in [0.717, 1.165) is 32.1 Å². The van der Waals surface area contributed by atoms with Gasteiger partial charge in [0.05, 0.1) is 12.1 Å². The Morgan fingerprint density at radius 3 is 2.29 bits per heavy atom. The largest absolute Gasteiger partial charge is 0.385 e. The average Bonchev–Trinajstić information content (AvgIpc) is 3.05. The molecule has 1 aliphatic heterocycles. The van der Waals surface area contributed by atoms with E-state index in [1.54, 1.807) is 12.0 Å². The van der Waals surface area contributed by atoms with E-state index in [4.69, 9.17) is 10.5 Å². The number of urea groups is 1. The molecular weight excluding hydrogens is 434 g/mol. The molecule has 9 heteroatoms. The summed E-state index contributed by atoms with van der Waals surface area (Å²) < 4.78 is 5.23. The van der Waals surface area contributed by atoms with Crippen LogP contribution in [0, 0.1) is 0 Å². The molecule has 1 aromatic rings. The van der Waals surface area contributed by atoms with Crippen molar-refractivity contribution < 1.29 is 19.1 Å². The zero-order valence-corrected chi connectivity index (χ0v) is 21.0. The van der Waals surface area contributed by atoms with Crippen molar-refractivity contribution in [3.8, 4) is 0 Å². The third-order valence-corrected chi connectivity index (χ3v) is 7.61. The van der Waals surface area contributed by atoms with Crippen molar-refractivity contribution in [2.24, 2.45) is 5.73 Å². The molecule has 1 aliphatic carbocycles. The number of rotatable bonds is 10.